The second kappa shape index (κ2) is 5.13. The number of benzene rings is 1. The molecule has 1 aromatic heterocycles. The van der Waals surface area contributed by atoms with Crippen LogP contribution in [0.4, 0.5) is 0 Å². The maximum absolute atomic E-state index is 8.83. The Morgan fingerprint density at radius 1 is 1.29 bits per heavy atom. The fourth-order valence-corrected chi connectivity index (χ4v) is 2.75. The molecule has 0 amide bonds. The van der Waals surface area contributed by atoms with Crippen LogP contribution in [0.15, 0.2) is 30.3 Å². The van der Waals surface area contributed by atoms with Crippen LogP contribution in [0.2, 0.25) is 0 Å². The van der Waals surface area contributed by atoms with Gasteiger partial charge in [-0.05, 0) is 42.8 Å². The molecule has 17 heavy (non-hydrogen) atoms. The Hall–Kier alpha value is -1.63. The molecular formula is C14H14N2S. The Morgan fingerprint density at radius 3 is 2.71 bits per heavy atom. The van der Waals surface area contributed by atoms with Crippen molar-refractivity contribution in [1.29, 1.82) is 5.26 Å². The Balaban J connectivity index is 2.36. The molecule has 2 aromatic rings. The lowest BCUT2D eigenvalue weighted by Gasteiger charge is -2.06. The van der Waals surface area contributed by atoms with E-state index in [1.807, 2.05) is 19.2 Å². The summed E-state index contributed by atoms with van der Waals surface area (Å²) in [5.41, 5.74) is 3.76. The van der Waals surface area contributed by atoms with E-state index in [-0.39, 0.29) is 0 Å². The zero-order valence-corrected chi connectivity index (χ0v) is 10.8. The van der Waals surface area contributed by atoms with Crippen LogP contribution in [0.1, 0.15) is 16.0 Å². The molecule has 2 rings (SSSR count). The summed E-state index contributed by atoms with van der Waals surface area (Å²) in [6, 6.07) is 12.5. The number of thiophene rings is 1. The van der Waals surface area contributed by atoms with E-state index < -0.39 is 0 Å². The Bertz CT molecular complexity index is 564. The first-order valence-corrected chi connectivity index (χ1v) is 6.30. The van der Waals surface area contributed by atoms with Gasteiger partial charge in [0, 0.05) is 11.4 Å². The van der Waals surface area contributed by atoms with E-state index in [0.29, 0.717) is 0 Å². The molecule has 0 aliphatic carbocycles. The van der Waals surface area contributed by atoms with Crippen LogP contribution >= 0.6 is 11.3 Å². The largest absolute Gasteiger partial charge is 0.316 e. The maximum Gasteiger partial charge on any atom is 0.110 e. The van der Waals surface area contributed by atoms with Gasteiger partial charge in [-0.3, -0.25) is 0 Å². The van der Waals surface area contributed by atoms with Crippen LogP contribution in [0, 0.1) is 18.3 Å². The monoisotopic (exact) mass is 242 g/mol. The van der Waals surface area contributed by atoms with Crippen LogP contribution < -0.4 is 5.32 Å². The van der Waals surface area contributed by atoms with Crippen LogP contribution in [-0.2, 0) is 6.54 Å². The van der Waals surface area contributed by atoms with Gasteiger partial charge >= 0.3 is 0 Å². The van der Waals surface area contributed by atoms with Gasteiger partial charge in [0.2, 0.25) is 0 Å². The van der Waals surface area contributed by atoms with Gasteiger partial charge in [0.05, 0.1) is 0 Å². The van der Waals surface area contributed by atoms with E-state index in [4.69, 9.17) is 5.26 Å². The minimum absolute atomic E-state index is 0.763. The van der Waals surface area contributed by atoms with Gasteiger partial charge in [0.25, 0.3) is 0 Å². The SMILES string of the molecule is CNCc1ccc(-c2ccc(C#N)s2)c(C)c1. The summed E-state index contributed by atoms with van der Waals surface area (Å²) in [5.74, 6) is 0. The molecule has 1 N–H and O–H groups in total. The fourth-order valence-electron chi connectivity index (χ4n) is 1.86. The highest BCUT2D eigenvalue weighted by molar-refractivity contribution is 7.16. The van der Waals surface area contributed by atoms with Gasteiger partial charge in [-0.15, -0.1) is 11.3 Å². The van der Waals surface area contributed by atoms with Gasteiger partial charge in [-0.2, -0.15) is 5.26 Å². The first-order chi connectivity index (χ1) is 8.24. The predicted octanol–water partition coefficient (Wildman–Crippen LogP) is 3.31. The molecule has 0 aliphatic rings. The molecule has 1 aromatic carbocycles. The topological polar surface area (TPSA) is 35.8 Å². The standard InChI is InChI=1S/C14H14N2S/c1-10-7-11(9-16-2)3-5-13(10)14-6-4-12(8-15)17-14/h3-7,16H,9H2,1-2H3. The molecule has 0 radical (unpaired) electrons. The lowest BCUT2D eigenvalue weighted by atomic mass is 10.0. The van der Waals surface area contributed by atoms with Crippen LogP contribution in [0.3, 0.4) is 0 Å². The molecule has 0 fully saturated rings. The second-order valence-electron chi connectivity index (χ2n) is 3.96. The summed E-state index contributed by atoms with van der Waals surface area (Å²) < 4.78 is 0. The van der Waals surface area contributed by atoms with Crippen molar-refractivity contribution >= 4 is 11.3 Å². The van der Waals surface area contributed by atoms with E-state index in [9.17, 15) is 0 Å². The van der Waals surface area contributed by atoms with Crippen molar-refractivity contribution in [1.82, 2.24) is 5.32 Å². The third-order valence-corrected chi connectivity index (χ3v) is 3.68. The minimum Gasteiger partial charge on any atom is -0.316 e. The molecule has 2 nitrogen and oxygen atoms in total. The van der Waals surface area contributed by atoms with Crippen molar-refractivity contribution in [3.8, 4) is 16.5 Å². The average Bonchev–Trinajstić information content (AvgIpc) is 2.78. The van der Waals surface area contributed by atoms with Crippen molar-refractivity contribution in [3.63, 3.8) is 0 Å². The van der Waals surface area contributed by atoms with Gasteiger partial charge in [-0.25, -0.2) is 0 Å². The number of nitrogens with one attached hydrogen (secondary N) is 1. The lowest BCUT2D eigenvalue weighted by Crippen LogP contribution is -2.05. The number of hydrogen-bond donors (Lipinski definition) is 1. The number of rotatable bonds is 3. The number of nitriles is 1. The van der Waals surface area contributed by atoms with Gasteiger partial charge in [0.15, 0.2) is 0 Å². The van der Waals surface area contributed by atoms with E-state index in [2.05, 4.69) is 36.5 Å². The highest BCUT2D eigenvalue weighted by Crippen LogP contribution is 2.30. The van der Waals surface area contributed by atoms with Crippen LogP contribution in [-0.4, -0.2) is 7.05 Å². The number of nitrogens with zero attached hydrogens (tertiary/aromatic N) is 1. The molecule has 0 bridgehead atoms. The molecule has 0 unspecified atom stereocenters. The van der Waals surface area contributed by atoms with Crippen molar-refractivity contribution in [2.24, 2.45) is 0 Å². The lowest BCUT2D eigenvalue weighted by molar-refractivity contribution is 0.817. The highest BCUT2D eigenvalue weighted by atomic mass is 32.1. The molecular weight excluding hydrogens is 228 g/mol. The van der Waals surface area contributed by atoms with E-state index in [1.54, 1.807) is 11.3 Å². The summed E-state index contributed by atoms with van der Waals surface area (Å²) >= 11 is 1.54. The van der Waals surface area contributed by atoms with Crippen molar-refractivity contribution < 1.29 is 0 Å². The predicted molar refractivity (Wildman–Crippen MR) is 72.0 cm³/mol. The third-order valence-electron chi connectivity index (χ3n) is 2.65. The van der Waals surface area contributed by atoms with Gasteiger partial charge in [0.1, 0.15) is 10.9 Å². The molecule has 0 spiro atoms. The van der Waals surface area contributed by atoms with Crippen molar-refractivity contribution in [2.75, 3.05) is 7.05 Å². The summed E-state index contributed by atoms with van der Waals surface area (Å²) in [6.45, 7) is 3.00. The second-order valence-corrected chi connectivity index (χ2v) is 5.04. The zero-order valence-electron chi connectivity index (χ0n) is 9.95. The quantitative estimate of drug-likeness (QED) is 0.896. The summed E-state index contributed by atoms with van der Waals surface area (Å²) in [6.07, 6.45) is 0. The normalized spacial score (nSPS) is 10.2. The third kappa shape index (κ3) is 2.55. The molecule has 0 saturated heterocycles. The summed E-state index contributed by atoms with van der Waals surface area (Å²) in [7, 11) is 1.95. The van der Waals surface area contributed by atoms with Crippen LogP contribution in [0.25, 0.3) is 10.4 Å². The molecule has 86 valence electrons. The zero-order chi connectivity index (χ0) is 12.3. The highest BCUT2D eigenvalue weighted by Gasteiger charge is 2.06. The van der Waals surface area contributed by atoms with Crippen LogP contribution in [0.5, 0.6) is 0 Å². The van der Waals surface area contributed by atoms with E-state index in [0.717, 1.165) is 16.3 Å². The fraction of sp³-hybridized carbons (Fsp3) is 0.214. The van der Waals surface area contributed by atoms with Crippen molar-refractivity contribution in [3.05, 3.63) is 46.3 Å². The molecule has 1 heterocycles. The maximum atomic E-state index is 8.83. The van der Waals surface area contributed by atoms with Crippen molar-refractivity contribution in [2.45, 2.75) is 13.5 Å². The Morgan fingerprint density at radius 2 is 2.12 bits per heavy atom. The Labute approximate surface area is 106 Å². The first-order valence-electron chi connectivity index (χ1n) is 5.49. The smallest absolute Gasteiger partial charge is 0.110 e. The minimum atomic E-state index is 0.763. The Kier molecular flexibility index (Phi) is 3.58. The number of hydrogen-bond acceptors (Lipinski definition) is 3. The summed E-state index contributed by atoms with van der Waals surface area (Å²) in [5, 5.41) is 12.0. The molecule has 0 atom stereocenters. The average molecular weight is 242 g/mol. The first kappa shape index (κ1) is 11.8. The molecule has 0 saturated carbocycles. The molecule has 0 aliphatic heterocycles. The number of aryl methyl sites for hydroxylation is 1. The van der Waals surface area contributed by atoms with E-state index >= 15 is 0 Å². The van der Waals surface area contributed by atoms with Gasteiger partial charge < -0.3 is 5.32 Å². The summed E-state index contributed by atoms with van der Waals surface area (Å²) in [4.78, 5) is 1.92. The van der Waals surface area contributed by atoms with Gasteiger partial charge in [-0.1, -0.05) is 18.2 Å². The van der Waals surface area contributed by atoms with E-state index in [1.165, 1.54) is 16.7 Å². The molecule has 3 heteroatoms.